The Morgan fingerprint density at radius 2 is 2.06 bits per heavy atom. The molecule has 3 nitrogen and oxygen atoms in total. The fourth-order valence-corrected chi connectivity index (χ4v) is 1.63. The molecule has 0 aliphatic rings. The zero-order valence-electron chi connectivity index (χ0n) is 11.0. The molecule has 0 fully saturated rings. The maximum atomic E-state index is 10.8. The van der Waals surface area contributed by atoms with Crippen molar-refractivity contribution in [2.24, 2.45) is 4.99 Å². The summed E-state index contributed by atoms with van der Waals surface area (Å²) in [6, 6.07) is 10.4. The summed E-state index contributed by atoms with van der Waals surface area (Å²) in [6.07, 6.45) is 6.25. The molecule has 0 aliphatic heterocycles. The minimum absolute atomic E-state index is 0.129. The molecule has 0 atom stereocenters. The summed E-state index contributed by atoms with van der Waals surface area (Å²) in [6.45, 7) is 0.834. The summed E-state index contributed by atoms with van der Waals surface area (Å²) in [7, 11) is 1.42. The van der Waals surface area contributed by atoms with Crippen LogP contribution >= 0.6 is 0 Å². The van der Waals surface area contributed by atoms with Crippen molar-refractivity contribution in [2.45, 2.75) is 32.1 Å². The molecule has 1 aromatic carbocycles. The minimum Gasteiger partial charge on any atom is -0.469 e. The Hall–Kier alpha value is -1.64. The van der Waals surface area contributed by atoms with E-state index in [2.05, 4.69) is 21.9 Å². The molecule has 0 saturated carbocycles. The number of nitrogens with zero attached hydrogens (tertiary/aromatic N) is 1. The van der Waals surface area contributed by atoms with Gasteiger partial charge in [0.05, 0.1) is 7.11 Å². The van der Waals surface area contributed by atoms with Crippen LogP contribution in [-0.4, -0.2) is 25.8 Å². The molecule has 0 unspecified atom stereocenters. The fraction of sp³-hybridized carbons (Fsp3) is 0.467. The van der Waals surface area contributed by atoms with Gasteiger partial charge >= 0.3 is 5.97 Å². The Morgan fingerprint density at radius 1 is 1.28 bits per heavy atom. The number of carbonyl (C=O) groups is 1. The van der Waals surface area contributed by atoms with E-state index < -0.39 is 0 Å². The molecule has 0 heterocycles. The zero-order valence-corrected chi connectivity index (χ0v) is 11.0. The molecule has 0 amide bonds. The van der Waals surface area contributed by atoms with E-state index in [0.717, 1.165) is 32.2 Å². The molecule has 0 bridgehead atoms. The molecule has 3 heteroatoms. The SMILES string of the molecule is COC(=O)CCCCC=NCCc1ccccc1. The number of esters is 1. The molecular formula is C15H21NO2. The van der Waals surface area contributed by atoms with Crippen LogP contribution in [0.3, 0.4) is 0 Å². The summed E-state index contributed by atoms with van der Waals surface area (Å²) >= 11 is 0. The van der Waals surface area contributed by atoms with Gasteiger partial charge in [0.15, 0.2) is 0 Å². The highest BCUT2D eigenvalue weighted by molar-refractivity contribution is 5.69. The van der Waals surface area contributed by atoms with Crippen molar-refractivity contribution in [1.29, 1.82) is 0 Å². The van der Waals surface area contributed by atoms with Crippen molar-refractivity contribution in [3.05, 3.63) is 35.9 Å². The minimum atomic E-state index is -0.129. The second-order valence-electron chi connectivity index (χ2n) is 4.15. The number of aliphatic imine (C=N–C) groups is 1. The number of rotatable bonds is 8. The van der Waals surface area contributed by atoms with Crippen LogP contribution in [-0.2, 0) is 16.0 Å². The molecule has 0 radical (unpaired) electrons. The van der Waals surface area contributed by atoms with Gasteiger partial charge in [-0.25, -0.2) is 0 Å². The van der Waals surface area contributed by atoms with Gasteiger partial charge in [-0.3, -0.25) is 9.79 Å². The van der Waals surface area contributed by atoms with Gasteiger partial charge in [0, 0.05) is 13.0 Å². The van der Waals surface area contributed by atoms with E-state index in [1.807, 2.05) is 24.4 Å². The largest absolute Gasteiger partial charge is 0.469 e. The van der Waals surface area contributed by atoms with Crippen LogP contribution in [0.5, 0.6) is 0 Å². The summed E-state index contributed by atoms with van der Waals surface area (Å²) < 4.78 is 4.57. The Morgan fingerprint density at radius 3 is 2.78 bits per heavy atom. The second kappa shape index (κ2) is 9.40. The lowest BCUT2D eigenvalue weighted by Crippen LogP contribution is -1.99. The molecular weight excluding hydrogens is 226 g/mol. The molecule has 0 saturated heterocycles. The van der Waals surface area contributed by atoms with Crippen molar-refractivity contribution in [3.8, 4) is 0 Å². The highest BCUT2D eigenvalue weighted by Gasteiger charge is 1.97. The number of ether oxygens (including phenoxy) is 1. The highest BCUT2D eigenvalue weighted by Crippen LogP contribution is 2.01. The van der Waals surface area contributed by atoms with Gasteiger partial charge in [-0.1, -0.05) is 30.3 Å². The van der Waals surface area contributed by atoms with Crippen LogP contribution in [0, 0.1) is 0 Å². The van der Waals surface area contributed by atoms with Crippen LogP contribution in [0.1, 0.15) is 31.2 Å². The molecule has 0 spiro atoms. The summed E-state index contributed by atoms with van der Waals surface area (Å²) in [4.78, 5) is 15.2. The van der Waals surface area contributed by atoms with Gasteiger partial charge in [0.25, 0.3) is 0 Å². The summed E-state index contributed by atoms with van der Waals surface area (Å²) in [5.74, 6) is -0.129. The molecule has 0 N–H and O–H groups in total. The Bertz CT molecular complexity index is 360. The van der Waals surface area contributed by atoms with Crippen LogP contribution in [0.25, 0.3) is 0 Å². The van der Waals surface area contributed by atoms with Gasteiger partial charge in [-0.15, -0.1) is 0 Å². The molecule has 18 heavy (non-hydrogen) atoms. The third-order valence-corrected chi connectivity index (χ3v) is 2.69. The average Bonchev–Trinajstić information content (AvgIpc) is 2.42. The van der Waals surface area contributed by atoms with Gasteiger partial charge in [0.2, 0.25) is 0 Å². The van der Waals surface area contributed by atoms with E-state index in [9.17, 15) is 4.79 Å². The van der Waals surface area contributed by atoms with E-state index >= 15 is 0 Å². The van der Waals surface area contributed by atoms with Crippen LogP contribution in [0.4, 0.5) is 0 Å². The first-order chi connectivity index (χ1) is 8.83. The van der Waals surface area contributed by atoms with E-state index in [-0.39, 0.29) is 5.97 Å². The lowest BCUT2D eigenvalue weighted by atomic mass is 10.1. The number of unbranched alkanes of at least 4 members (excludes halogenated alkanes) is 2. The molecule has 98 valence electrons. The number of benzene rings is 1. The first-order valence-corrected chi connectivity index (χ1v) is 6.42. The second-order valence-corrected chi connectivity index (χ2v) is 4.15. The van der Waals surface area contributed by atoms with Gasteiger partial charge in [0.1, 0.15) is 0 Å². The summed E-state index contributed by atoms with van der Waals surface area (Å²) in [5, 5.41) is 0. The predicted octanol–water partition coefficient (Wildman–Crippen LogP) is 3.03. The fourth-order valence-electron chi connectivity index (χ4n) is 1.63. The van der Waals surface area contributed by atoms with Gasteiger partial charge in [-0.2, -0.15) is 0 Å². The Kier molecular flexibility index (Phi) is 7.53. The lowest BCUT2D eigenvalue weighted by molar-refractivity contribution is -0.140. The number of methoxy groups -OCH3 is 1. The van der Waals surface area contributed by atoms with Crippen molar-refractivity contribution >= 4 is 12.2 Å². The first kappa shape index (κ1) is 14.4. The van der Waals surface area contributed by atoms with Crippen molar-refractivity contribution in [3.63, 3.8) is 0 Å². The normalized spacial score (nSPS) is 10.7. The maximum absolute atomic E-state index is 10.8. The predicted molar refractivity (Wildman–Crippen MR) is 74.0 cm³/mol. The van der Waals surface area contributed by atoms with E-state index in [1.54, 1.807) is 0 Å². The smallest absolute Gasteiger partial charge is 0.305 e. The maximum Gasteiger partial charge on any atom is 0.305 e. The third-order valence-electron chi connectivity index (χ3n) is 2.69. The lowest BCUT2D eigenvalue weighted by Gasteiger charge is -1.98. The first-order valence-electron chi connectivity index (χ1n) is 6.42. The standard InChI is InChI=1S/C15H21NO2/c1-18-15(17)10-6-3-7-12-16-13-11-14-8-4-2-5-9-14/h2,4-5,8-9,12H,3,6-7,10-11,13H2,1H3. The monoisotopic (exact) mass is 247 g/mol. The van der Waals surface area contributed by atoms with Crippen LogP contribution < -0.4 is 0 Å². The molecule has 0 aromatic heterocycles. The Labute approximate surface area is 109 Å². The highest BCUT2D eigenvalue weighted by atomic mass is 16.5. The van der Waals surface area contributed by atoms with E-state index in [1.165, 1.54) is 12.7 Å². The Balaban J connectivity index is 1.99. The van der Waals surface area contributed by atoms with E-state index in [0.29, 0.717) is 6.42 Å². The van der Waals surface area contributed by atoms with Crippen molar-refractivity contribution in [1.82, 2.24) is 0 Å². The van der Waals surface area contributed by atoms with Crippen molar-refractivity contribution < 1.29 is 9.53 Å². The molecule has 1 rings (SSSR count). The number of carbonyl (C=O) groups excluding carboxylic acids is 1. The third kappa shape index (κ3) is 6.84. The average molecular weight is 247 g/mol. The van der Waals surface area contributed by atoms with Gasteiger partial charge < -0.3 is 4.74 Å². The van der Waals surface area contributed by atoms with Crippen LogP contribution in [0.15, 0.2) is 35.3 Å². The van der Waals surface area contributed by atoms with E-state index in [4.69, 9.17) is 0 Å². The molecule has 1 aromatic rings. The number of hydrogen-bond donors (Lipinski definition) is 0. The summed E-state index contributed by atoms with van der Waals surface area (Å²) in [5.41, 5.74) is 1.32. The molecule has 0 aliphatic carbocycles. The van der Waals surface area contributed by atoms with Crippen LogP contribution in [0.2, 0.25) is 0 Å². The number of hydrogen-bond acceptors (Lipinski definition) is 3. The van der Waals surface area contributed by atoms with Gasteiger partial charge in [-0.05, 0) is 37.5 Å². The zero-order chi connectivity index (χ0) is 13.1. The van der Waals surface area contributed by atoms with Crippen molar-refractivity contribution in [2.75, 3.05) is 13.7 Å². The quantitative estimate of drug-likeness (QED) is 0.402. The topological polar surface area (TPSA) is 38.7 Å².